The van der Waals surface area contributed by atoms with Gasteiger partial charge in [0.15, 0.2) is 0 Å². The second-order valence-electron chi connectivity index (χ2n) is 10.2. The first kappa shape index (κ1) is 18.3. The zero-order valence-corrected chi connectivity index (χ0v) is 17.9. The maximum atomic E-state index is 13.2. The van der Waals surface area contributed by atoms with Crippen LogP contribution in [0.25, 0.3) is 10.2 Å². The van der Waals surface area contributed by atoms with E-state index in [1.54, 1.807) is 11.3 Å². The summed E-state index contributed by atoms with van der Waals surface area (Å²) in [5, 5.41) is 4.76. The Hall–Kier alpha value is -1.46. The Morgan fingerprint density at radius 2 is 1.83 bits per heavy atom. The third-order valence-electron chi connectivity index (χ3n) is 8.00. The molecule has 1 saturated heterocycles. The van der Waals surface area contributed by atoms with Gasteiger partial charge in [-0.1, -0.05) is 18.6 Å². The molecule has 4 nitrogen and oxygen atoms in total. The minimum absolute atomic E-state index is 0.118. The number of nitrogens with zero attached hydrogens (tertiary/aromatic N) is 2. The number of fused-ring (bicyclic) bond motifs is 1. The number of nitrogens with one attached hydrogen (secondary N) is 1. The van der Waals surface area contributed by atoms with Crippen LogP contribution >= 0.6 is 11.3 Å². The van der Waals surface area contributed by atoms with Crippen molar-refractivity contribution in [3.63, 3.8) is 0 Å². The number of piperidine rings is 1. The molecule has 0 spiro atoms. The lowest BCUT2D eigenvalue weighted by atomic mass is 9.53. The first-order valence-electron chi connectivity index (χ1n) is 11.6. The van der Waals surface area contributed by atoms with Crippen molar-refractivity contribution in [3.05, 3.63) is 29.3 Å². The Balaban J connectivity index is 1.17. The zero-order chi connectivity index (χ0) is 19.4. The summed E-state index contributed by atoms with van der Waals surface area (Å²) in [5.41, 5.74) is 1.21. The molecule has 1 atom stereocenters. The van der Waals surface area contributed by atoms with Gasteiger partial charge in [-0.2, -0.15) is 0 Å². The maximum absolute atomic E-state index is 13.2. The van der Waals surface area contributed by atoms with E-state index in [0.29, 0.717) is 12.6 Å². The fraction of sp³-hybridized carbons (Fsp3) is 0.667. The van der Waals surface area contributed by atoms with E-state index in [-0.39, 0.29) is 11.4 Å². The SMILES string of the molecule is O=C(CN1CCCC[C@H]1c1nc2ccccc2s1)NC12CC3CC(CC(C3)C1)C2. The predicted octanol–water partition coefficient (Wildman–Crippen LogP) is 4.91. The normalized spacial score (nSPS) is 36.6. The van der Waals surface area contributed by atoms with E-state index in [9.17, 15) is 4.79 Å². The molecular weight excluding hydrogens is 378 g/mol. The second kappa shape index (κ2) is 7.05. The number of aromatic nitrogens is 1. The van der Waals surface area contributed by atoms with E-state index in [1.807, 2.05) is 0 Å². The van der Waals surface area contributed by atoms with Gasteiger partial charge in [-0.15, -0.1) is 11.3 Å². The molecule has 0 radical (unpaired) electrons. The molecule has 1 N–H and O–H groups in total. The molecule has 1 aliphatic heterocycles. The molecule has 1 amide bonds. The van der Waals surface area contributed by atoms with Crippen LogP contribution in [0, 0.1) is 17.8 Å². The number of rotatable bonds is 4. The Morgan fingerprint density at radius 1 is 1.10 bits per heavy atom. The average Bonchev–Trinajstić information content (AvgIpc) is 3.11. The van der Waals surface area contributed by atoms with Gasteiger partial charge >= 0.3 is 0 Å². The number of hydrogen-bond donors (Lipinski definition) is 1. The van der Waals surface area contributed by atoms with E-state index in [4.69, 9.17) is 4.98 Å². The summed E-state index contributed by atoms with van der Waals surface area (Å²) >= 11 is 1.81. The Kier molecular flexibility index (Phi) is 4.46. The van der Waals surface area contributed by atoms with E-state index < -0.39 is 0 Å². The van der Waals surface area contributed by atoms with Crippen LogP contribution < -0.4 is 5.32 Å². The molecule has 5 heteroatoms. The van der Waals surface area contributed by atoms with Crippen molar-refractivity contribution in [1.29, 1.82) is 0 Å². The standard InChI is InChI=1S/C24H31N3OS/c28-22(26-24-12-16-9-17(13-24)11-18(10-16)14-24)15-27-8-4-3-6-20(27)23-25-19-5-1-2-7-21(19)29-23/h1-2,5,7,16-18,20H,3-4,6,8-15H2,(H,26,28)/t16?,17?,18?,20-,24?/m0/s1. The highest BCUT2D eigenvalue weighted by molar-refractivity contribution is 7.18. The third kappa shape index (κ3) is 3.40. The lowest BCUT2D eigenvalue weighted by Crippen LogP contribution is -2.61. The minimum Gasteiger partial charge on any atom is -0.350 e. The number of likely N-dealkylation sites (tertiary alicyclic amines) is 1. The molecule has 2 heterocycles. The number of amides is 1. The molecule has 7 rings (SSSR count). The molecule has 4 bridgehead atoms. The number of hydrogen-bond acceptors (Lipinski definition) is 4. The van der Waals surface area contributed by atoms with Gasteiger partial charge in [0.05, 0.1) is 22.8 Å². The van der Waals surface area contributed by atoms with Crippen molar-refractivity contribution in [2.45, 2.75) is 69.4 Å². The van der Waals surface area contributed by atoms with Gasteiger partial charge in [0.25, 0.3) is 0 Å². The molecule has 4 saturated carbocycles. The van der Waals surface area contributed by atoms with Crippen LogP contribution in [0.15, 0.2) is 24.3 Å². The van der Waals surface area contributed by atoms with Gasteiger partial charge in [0.1, 0.15) is 5.01 Å². The van der Waals surface area contributed by atoms with E-state index in [1.165, 1.54) is 61.1 Å². The van der Waals surface area contributed by atoms with E-state index >= 15 is 0 Å². The van der Waals surface area contributed by atoms with Crippen LogP contribution in [-0.2, 0) is 4.79 Å². The van der Waals surface area contributed by atoms with Crippen LogP contribution in [0.5, 0.6) is 0 Å². The van der Waals surface area contributed by atoms with E-state index in [2.05, 4.69) is 34.5 Å². The lowest BCUT2D eigenvalue weighted by Gasteiger charge is -2.57. The molecule has 5 aliphatic rings. The van der Waals surface area contributed by atoms with Gasteiger partial charge in [-0.25, -0.2) is 4.98 Å². The number of carbonyl (C=O) groups is 1. The van der Waals surface area contributed by atoms with Crippen molar-refractivity contribution < 1.29 is 4.79 Å². The minimum atomic E-state index is 0.118. The predicted molar refractivity (Wildman–Crippen MR) is 117 cm³/mol. The lowest BCUT2D eigenvalue weighted by molar-refractivity contribution is -0.129. The van der Waals surface area contributed by atoms with Gasteiger partial charge in [0.2, 0.25) is 5.91 Å². The summed E-state index contributed by atoms with van der Waals surface area (Å²) in [4.78, 5) is 20.5. The number of carbonyl (C=O) groups excluding carboxylic acids is 1. The topological polar surface area (TPSA) is 45.2 Å². The van der Waals surface area contributed by atoms with Gasteiger partial charge in [-0.05, 0) is 87.8 Å². The van der Waals surface area contributed by atoms with E-state index in [0.717, 1.165) is 36.2 Å². The zero-order valence-electron chi connectivity index (χ0n) is 17.1. The molecule has 4 aliphatic carbocycles. The summed E-state index contributed by atoms with van der Waals surface area (Å²) < 4.78 is 1.26. The van der Waals surface area contributed by atoms with Gasteiger partial charge in [0, 0.05) is 5.54 Å². The van der Waals surface area contributed by atoms with Crippen molar-refractivity contribution in [2.75, 3.05) is 13.1 Å². The average molecular weight is 410 g/mol. The largest absolute Gasteiger partial charge is 0.350 e. The monoisotopic (exact) mass is 409 g/mol. The smallest absolute Gasteiger partial charge is 0.234 e. The highest BCUT2D eigenvalue weighted by atomic mass is 32.1. The van der Waals surface area contributed by atoms with Crippen molar-refractivity contribution >= 4 is 27.5 Å². The molecule has 154 valence electrons. The van der Waals surface area contributed by atoms with Crippen LogP contribution in [0.3, 0.4) is 0 Å². The maximum Gasteiger partial charge on any atom is 0.234 e. The van der Waals surface area contributed by atoms with Gasteiger partial charge in [-0.3, -0.25) is 9.69 Å². The van der Waals surface area contributed by atoms with Crippen molar-refractivity contribution in [1.82, 2.24) is 15.2 Å². The molecule has 29 heavy (non-hydrogen) atoms. The molecule has 5 fully saturated rings. The summed E-state index contributed by atoms with van der Waals surface area (Å²) in [5.74, 6) is 2.85. The van der Waals surface area contributed by atoms with Crippen molar-refractivity contribution in [3.8, 4) is 0 Å². The van der Waals surface area contributed by atoms with Crippen LogP contribution in [0.4, 0.5) is 0 Å². The molecule has 1 aromatic heterocycles. The summed E-state index contributed by atoms with van der Waals surface area (Å²) in [6.07, 6.45) is 11.5. The number of benzene rings is 1. The van der Waals surface area contributed by atoms with Crippen LogP contribution in [0.2, 0.25) is 0 Å². The molecule has 0 unspecified atom stereocenters. The molecular formula is C24H31N3OS. The molecule has 1 aromatic carbocycles. The summed E-state index contributed by atoms with van der Waals surface area (Å²) in [7, 11) is 0. The Labute approximate surface area is 177 Å². The highest BCUT2D eigenvalue weighted by Gasteiger charge is 2.51. The second-order valence-corrected chi connectivity index (χ2v) is 11.3. The highest BCUT2D eigenvalue weighted by Crippen LogP contribution is 2.55. The van der Waals surface area contributed by atoms with Crippen LogP contribution in [-0.4, -0.2) is 34.4 Å². The summed E-state index contributed by atoms with van der Waals surface area (Å²) in [6, 6.07) is 8.69. The summed E-state index contributed by atoms with van der Waals surface area (Å²) in [6.45, 7) is 1.54. The number of para-hydroxylation sites is 1. The van der Waals surface area contributed by atoms with Crippen molar-refractivity contribution in [2.24, 2.45) is 17.8 Å². The van der Waals surface area contributed by atoms with Gasteiger partial charge < -0.3 is 5.32 Å². The molecule has 2 aromatic rings. The quantitative estimate of drug-likeness (QED) is 0.780. The number of thiazole rings is 1. The Morgan fingerprint density at radius 3 is 2.55 bits per heavy atom. The fourth-order valence-corrected chi connectivity index (χ4v) is 8.41. The first-order chi connectivity index (χ1) is 14.2. The first-order valence-corrected chi connectivity index (χ1v) is 12.4. The third-order valence-corrected chi connectivity index (χ3v) is 9.14. The fourth-order valence-electron chi connectivity index (χ4n) is 7.28. The van der Waals surface area contributed by atoms with Crippen LogP contribution in [0.1, 0.15) is 68.8 Å². The Bertz CT molecular complexity index is 853.